The van der Waals surface area contributed by atoms with Crippen molar-refractivity contribution in [1.29, 1.82) is 0 Å². The number of H-pyrrole nitrogens is 1. The molecule has 0 radical (unpaired) electrons. The first kappa shape index (κ1) is 13.8. The Labute approximate surface area is 123 Å². The molecule has 2 aromatic carbocycles. The molecule has 1 N–H and O–H groups in total. The molecule has 0 saturated heterocycles. The van der Waals surface area contributed by atoms with Crippen LogP contribution < -0.4 is 9.47 Å². The fraction of sp³-hybridized carbons (Fsp3) is 0.294. The summed E-state index contributed by atoms with van der Waals surface area (Å²) in [4.78, 5) is 3.43. The van der Waals surface area contributed by atoms with E-state index in [1.54, 1.807) is 7.11 Å². The van der Waals surface area contributed by atoms with Crippen molar-refractivity contribution < 1.29 is 14.2 Å². The Morgan fingerprint density at radius 3 is 2.67 bits per heavy atom. The van der Waals surface area contributed by atoms with Crippen LogP contribution in [-0.2, 0) is 4.74 Å². The van der Waals surface area contributed by atoms with Crippen molar-refractivity contribution >= 4 is 21.8 Å². The number of hydrogen-bond acceptors (Lipinski definition) is 3. The van der Waals surface area contributed by atoms with E-state index >= 15 is 0 Å². The van der Waals surface area contributed by atoms with E-state index in [0.717, 1.165) is 38.9 Å². The lowest BCUT2D eigenvalue weighted by Gasteiger charge is -2.14. The van der Waals surface area contributed by atoms with Crippen molar-refractivity contribution in [2.75, 3.05) is 20.5 Å². The molecular formula is C17H19NO3. The summed E-state index contributed by atoms with van der Waals surface area (Å²) in [6.45, 7) is 4.81. The second kappa shape index (κ2) is 5.66. The molecule has 3 rings (SSSR count). The maximum atomic E-state index is 5.78. The van der Waals surface area contributed by atoms with E-state index < -0.39 is 0 Å². The molecular weight excluding hydrogens is 266 g/mol. The highest BCUT2D eigenvalue weighted by atomic mass is 16.7. The predicted octanol–water partition coefficient (Wildman–Crippen LogP) is 4.01. The first-order chi connectivity index (χ1) is 10.3. The van der Waals surface area contributed by atoms with Crippen LogP contribution in [0.15, 0.2) is 30.3 Å². The summed E-state index contributed by atoms with van der Waals surface area (Å²) in [6, 6.07) is 10.3. The van der Waals surface area contributed by atoms with Crippen molar-refractivity contribution in [3.05, 3.63) is 35.9 Å². The Kier molecular flexibility index (Phi) is 3.71. The molecule has 4 nitrogen and oxygen atoms in total. The number of methoxy groups -OCH3 is 1. The maximum Gasteiger partial charge on any atom is 0.188 e. The molecule has 0 spiro atoms. The highest BCUT2D eigenvalue weighted by Gasteiger charge is 2.16. The summed E-state index contributed by atoms with van der Waals surface area (Å²) in [5.41, 5.74) is 3.05. The van der Waals surface area contributed by atoms with E-state index in [-0.39, 0.29) is 6.79 Å². The Morgan fingerprint density at radius 2 is 1.90 bits per heavy atom. The third-order valence-electron chi connectivity index (χ3n) is 3.58. The van der Waals surface area contributed by atoms with Gasteiger partial charge in [-0.2, -0.15) is 0 Å². The topological polar surface area (TPSA) is 43.5 Å². The van der Waals surface area contributed by atoms with E-state index in [4.69, 9.17) is 14.2 Å². The summed E-state index contributed by atoms with van der Waals surface area (Å²) in [5, 5.41) is 2.27. The fourth-order valence-electron chi connectivity index (χ4n) is 2.64. The smallest absolute Gasteiger partial charge is 0.188 e. The number of hydrogen-bond donors (Lipinski definition) is 1. The maximum absolute atomic E-state index is 5.78. The van der Waals surface area contributed by atoms with Crippen LogP contribution in [0.5, 0.6) is 11.5 Å². The number of aromatic amines is 1. The largest absolute Gasteiger partial charge is 0.493 e. The average Bonchev–Trinajstić information content (AvgIpc) is 2.86. The van der Waals surface area contributed by atoms with Crippen LogP contribution in [0.4, 0.5) is 0 Å². The van der Waals surface area contributed by atoms with Crippen LogP contribution in [0.3, 0.4) is 0 Å². The normalized spacial score (nSPS) is 11.2. The van der Waals surface area contributed by atoms with Gasteiger partial charge in [-0.1, -0.05) is 18.2 Å². The number of fused-ring (bicyclic) bond motifs is 3. The Bertz CT molecular complexity index is 776. The summed E-state index contributed by atoms with van der Waals surface area (Å²) < 4.78 is 16.6. The average molecular weight is 285 g/mol. The van der Waals surface area contributed by atoms with Crippen LogP contribution in [0, 0.1) is 6.92 Å². The zero-order valence-electron chi connectivity index (χ0n) is 12.5. The quantitative estimate of drug-likeness (QED) is 0.720. The molecule has 0 fully saturated rings. The highest BCUT2D eigenvalue weighted by molar-refractivity contribution is 6.10. The van der Waals surface area contributed by atoms with Gasteiger partial charge in [0.25, 0.3) is 0 Å². The fourth-order valence-corrected chi connectivity index (χ4v) is 2.64. The van der Waals surface area contributed by atoms with E-state index in [2.05, 4.69) is 23.2 Å². The Balaban J connectivity index is 2.30. The van der Waals surface area contributed by atoms with Crippen LogP contribution in [0.1, 0.15) is 12.5 Å². The molecule has 0 aliphatic carbocycles. The van der Waals surface area contributed by atoms with Gasteiger partial charge >= 0.3 is 0 Å². The van der Waals surface area contributed by atoms with Crippen molar-refractivity contribution in [2.45, 2.75) is 13.8 Å². The molecule has 0 atom stereocenters. The SMILES string of the molecule is CCOc1cc2c([nH]c3ccccc32)c(OCOC)c1C. The Hall–Kier alpha value is -2.20. The van der Waals surface area contributed by atoms with E-state index in [1.165, 1.54) is 0 Å². The molecule has 21 heavy (non-hydrogen) atoms. The number of para-hydroxylation sites is 1. The highest BCUT2D eigenvalue weighted by Crippen LogP contribution is 2.39. The van der Waals surface area contributed by atoms with Crippen molar-refractivity contribution in [2.24, 2.45) is 0 Å². The number of ether oxygens (including phenoxy) is 3. The molecule has 1 aromatic heterocycles. The molecule has 0 unspecified atom stereocenters. The molecule has 110 valence electrons. The van der Waals surface area contributed by atoms with Gasteiger partial charge in [0.15, 0.2) is 12.5 Å². The van der Waals surface area contributed by atoms with Gasteiger partial charge in [-0.25, -0.2) is 0 Å². The van der Waals surface area contributed by atoms with Gasteiger partial charge in [-0.15, -0.1) is 0 Å². The molecule has 0 saturated carbocycles. The van der Waals surface area contributed by atoms with Gasteiger partial charge in [0, 0.05) is 29.0 Å². The summed E-state index contributed by atoms with van der Waals surface area (Å²) in [5.74, 6) is 1.63. The van der Waals surface area contributed by atoms with E-state index in [9.17, 15) is 0 Å². The minimum Gasteiger partial charge on any atom is -0.493 e. The summed E-state index contributed by atoms with van der Waals surface area (Å²) >= 11 is 0. The molecule has 0 bridgehead atoms. The monoisotopic (exact) mass is 285 g/mol. The third kappa shape index (κ3) is 2.32. The zero-order chi connectivity index (χ0) is 14.8. The standard InChI is InChI=1S/C17H19NO3/c1-4-20-15-9-13-12-7-5-6-8-14(12)18-16(13)17(11(15)2)21-10-19-3/h5-9,18H,4,10H2,1-3H3. The van der Waals surface area contributed by atoms with Gasteiger partial charge in [-0.05, 0) is 26.0 Å². The first-order valence-electron chi connectivity index (χ1n) is 7.04. The number of aromatic nitrogens is 1. The van der Waals surface area contributed by atoms with Gasteiger partial charge < -0.3 is 19.2 Å². The van der Waals surface area contributed by atoms with E-state index in [1.807, 2.05) is 26.0 Å². The molecule has 0 aliphatic heterocycles. The molecule has 4 heteroatoms. The second-order valence-electron chi connectivity index (χ2n) is 4.91. The third-order valence-corrected chi connectivity index (χ3v) is 3.58. The first-order valence-corrected chi connectivity index (χ1v) is 7.04. The number of rotatable bonds is 5. The second-order valence-corrected chi connectivity index (χ2v) is 4.91. The van der Waals surface area contributed by atoms with E-state index in [0.29, 0.717) is 6.61 Å². The number of benzene rings is 2. The van der Waals surface area contributed by atoms with Gasteiger partial charge in [0.2, 0.25) is 0 Å². The Morgan fingerprint density at radius 1 is 1.10 bits per heavy atom. The lowest BCUT2D eigenvalue weighted by atomic mass is 10.1. The zero-order valence-corrected chi connectivity index (χ0v) is 12.5. The molecule has 0 aliphatic rings. The number of nitrogens with one attached hydrogen (secondary N) is 1. The predicted molar refractivity (Wildman–Crippen MR) is 84.2 cm³/mol. The van der Waals surface area contributed by atoms with Crippen molar-refractivity contribution in [3.63, 3.8) is 0 Å². The minimum atomic E-state index is 0.209. The van der Waals surface area contributed by atoms with Gasteiger partial charge in [0.05, 0.1) is 12.1 Å². The van der Waals surface area contributed by atoms with Crippen LogP contribution >= 0.6 is 0 Å². The van der Waals surface area contributed by atoms with Crippen molar-refractivity contribution in [1.82, 2.24) is 4.98 Å². The summed E-state index contributed by atoms with van der Waals surface area (Å²) in [7, 11) is 1.62. The van der Waals surface area contributed by atoms with Crippen LogP contribution in [0.25, 0.3) is 21.8 Å². The van der Waals surface area contributed by atoms with Crippen LogP contribution in [-0.4, -0.2) is 25.5 Å². The van der Waals surface area contributed by atoms with Crippen LogP contribution in [0.2, 0.25) is 0 Å². The lowest BCUT2D eigenvalue weighted by Crippen LogP contribution is -2.03. The molecule has 3 aromatic rings. The molecule has 1 heterocycles. The lowest BCUT2D eigenvalue weighted by molar-refractivity contribution is 0.0514. The molecule has 0 amide bonds. The minimum absolute atomic E-state index is 0.209. The van der Waals surface area contributed by atoms with Crippen molar-refractivity contribution in [3.8, 4) is 11.5 Å². The summed E-state index contributed by atoms with van der Waals surface area (Å²) in [6.07, 6.45) is 0. The van der Waals surface area contributed by atoms with Gasteiger partial charge in [-0.3, -0.25) is 0 Å². The van der Waals surface area contributed by atoms with Gasteiger partial charge in [0.1, 0.15) is 5.75 Å².